The summed E-state index contributed by atoms with van der Waals surface area (Å²) in [5, 5.41) is 11.9. The molecule has 0 aromatic heterocycles. The first-order valence-corrected chi connectivity index (χ1v) is 8.73. The van der Waals surface area contributed by atoms with Crippen molar-refractivity contribution >= 4 is 29.3 Å². The Morgan fingerprint density at radius 3 is 2.46 bits per heavy atom. The number of nitrogens with one attached hydrogen (secondary N) is 1. The number of hydrogen-bond acceptors (Lipinski definition) is 5. The van der Waals surface area contributed by atoms with Crippen LogP contribution in [0.1, 0.15) is 13.8 Å². The van der Waals surface area contributed by atoms with Crippen molar-refractivity contribution in [2.24, 2.45) is 0 Å². The SMILES string of the molecule is CSc1ccccc1NC(=O)CN(C)CC(=O)N(C)C(C)(C)C#N. The van der Waals surface area contributed by atoms with Gasteiger partial charge in [-0.2, -0.15) is 5.26 Å². The second-order valence-corrected chi connectivity index (χ2v) is 6.89. The van der Waals surface area contributed by atoms with Crippen LogP contribution in [0.3, 0.4) is 0 Å². The number of para-hydroxylation sites is 1. The Labute approximate surface area is 147 Å². The lowest BCUT2D eigenvalue weighted by atomic mass is 10.1. The monoisotopic (exact) mass is 348 g/mol. The summed E-state index contributed by atoms with van der Waals surface area (Å²) in [6, 6.07) is 9.65. The molecule has 0 spiro atoms. The molecule has 0 aliphatic heterocycles. The summed E-state index contributed by atoms with van der Waals surface area (Å²) in [6.07, 6.45) is 1.95. The zero-order valence-corrected chi connectivity index (χ0v) is 15.6. The van der Waals surface area contributed by atoms with Gasteiger partial charge in [-0.3, -0.25) is 14.5 Å². The van der Waals surface area contributed by atoms with Crippen molar-refractivity contribution in [3.8, 4) is 6.07 Å². The predicted molar refractivity (Wildman–Crippen MR) is 96.8 cm³/mol. The van der Waals surface area contributed by atoms with Crippen LogP contribution < -0.4 is 5.32 Å². The molecule has 7 heteroatoms. The first kappa shape index (κ1) is 20.0. The Morgan fingerprint density at radius 1 is 1.25 bits per heavy atom. The Kier molecular flexibility index (Phi) is 7.26. The second-order valence-electron chi connectivity index (χ2n) is 6.04. The van der Waals surface area contributed by atoms with E-state index in [4.69, 9.17) is 5.26 Å². The molecular weight excluding hydrogens is 324 g/mol. The van der Waals surface area contributed by atoms with E-state index >= 15 is 0 Å². The van der Waals surface area contributed by atoms with E-state index in [1.54, 1.807) is 44.6 Å². The molecule has 24 heavy (non-hydrogen) atoms. The molecule has 0 unspecified atom stereocenters. The Morgan fingerprint density at radius 2 is 1.88 bits per heavy atom. The number of nitrogens with zero attached hydrogens (tertiary/aromatic N) is 3. The minimum atomic E-state index is -0.878. The van der Waals surface area contributed by atoms with Gasteiger partial charge in [0.05, 0.1) is 24.8 Å². The third-order valence-electron chi connectivity index (χ3n) is 3.69. The molecule has 0 saturated carbocycles. The van der Waals surface area contributed by atoms with Gasteiger partial charge in [-0.05, 0) is 39.3 Å². The third-order valence-corrected chi connectivity index (χ3v) is 4.48. The van der Waals surface area contributed by atoms with Crippen LogP contribution in [0.4, 0.5) is 5.69 Å². The highest BCUT2D eigenvalue weighted by Crippen LogP contribution is 2.24. The van der Waals surface area contributed by atoms with Crippen molar-refractivity contribution in [3.05, 3.63) is 24.3 Å². The summed E-state index contributed by atoms with van der Waals surface area (Å²) < 4.78 is 0. The molecule has 0 radical (unpaired) electrons. The topological polar surface area (TPSA) is 76.4 Å². The average Bonchev–Trinajstić information content (AvgIpc) is 2.54. The highest BCUT2D eigenvalue weighted by molar-refractivity contribution is 7.98. The maximum Gasteiger partial charge on any atom is 0.238 e. The van der Waals surface area contributed by atoms with Crippen LogP contribution >= 0.6 is 11.8 Å². The Balaban J connectivity index is 2.59. The van der Waals surface area contributed by atoms with Crippen molar-refractivity contribution in [1.29, 1.82) is 5.26 Å². The number of hydrogen-bond donors (Lipinski definition) is 1. The van der Waals surface area contributed by atoms with Gasteiger partial charge in [0.25, 0.3) is 0 Å². The van der Waals surface area contributed by atoms with Gasteiger partial charge in [0.15, 0.2) is 0 Å². The van der Waals surface area contributed by atoms with Gasteiger partial charge in [-0.15, -0.1) is 11.8 Å². The fourth-order valence-electron chi connectivity index (χ4n) is 1.96. The number of benzene rings is 1. The fourth-order valence-corrected chi connectivity index (χ4v) is 2.52. The van der Waals surface area contributed by atoms with Gasteiger partial charge in [0, 0.05) is 11.9 Å². The van der Waals surface area contributed by atoms with E-state index in [2.05, 4.69) is 11.4 Å². The highest BCUT2D eigenvalue weighted by atomic mass is 32.2. The average molecular weight is 348 g/mol. The van der Waals surface area contributed by atoms with Gasteiger partial charge < -0.3 is 10.2 Å². The van der Waals surface area contributed by atoms with E-state index in [-0.39, 0.29) is 24.9 Å². The molecule has 0 saturated heterocycles. The molecule has 0 atom stereocenters. The standard InChI is InChI=1S/C17H24N4O2S/c1-17(2,12-18)21(4)16(23)11-20(3)10-15(22)19-13-8-6-7-9-14(13)24-5/h6-9H,10-11H2,1-5H3,(H,19,22). The molecule has 1 aromatic rings. The number of likely N-dealkylation sites (N-methyl/N-ethyl adjacent to an activating group) is 2. The molecule has 0 fully saturated rings. The van der Waals surface area contributed by atoms with Crippen LogP contribution in [-0.4, -0.2) is 60.6 Å². The number of rotatable bonds is 7. The molecule has 0 aliphatic carbocycles. The Hall–Kier alpha value is -2.04. The lowest BCUT2D eigenvalue weighted by Crippen LogP contribution is -2.48. The van der Waals surface area contributed by atoms with Gasteiger partial charge in [-0.25, -0.2) is 0 Å². The fraction of sp³-hybridized carbons (Fsp3) is 0.471. The molecule has 2 amide bonds. The lowest BCUT2D eigenvalue weighted by Gasteiger charge is -2.30. The summed E-state index contributed by atoms with van der Waals surface area (Å²) >= 11 is 1.56. The van der Waals surface area contributed by atoms with Crippen LogP contribution in [-0.2, 0) is 9.59 Å². The van der Waals surface area contributed by atoms with E-state index < -0.39 is 5.54 Å². The van der Waals surface area contributed by atoms with Crippen LogP contribution in [0.2, 0.25) is 0 Å². The molecule has 0 bridgehead atoms. The van der Waals surface area contributed by atoms with E-state index in [0.29, 0.717) is 0 Å². The largest absolute Gasteiger partial charge is 0.326 e. The van der Waals surface area contributed by atoms with Crippen molar-refractivity contribution < 1.29 is 9.59 Å². The maximum atomic E-state index is 12.2. The number of anilines is 1. The number of thioether (sulfide) groups is 1. The van der Waals surface area contributed by atoms with E-state index in [0.717, 1.165) is 10.6 Å². The van der Waals surface area contributed by atoms with E-state index in [1.165, 1.54) is 4.90 Å². The first-order valence-electron chi connectivity index (χ1n) is 7.50. The van der Waals surface area contributed by atoms with Crippen molar-refractivity contribution in [2.75, 3.05) is 38.8 Å². The van der Waals surface area contributed by atoms with Gasteiger partial charge >= 0.3 is 0 Å². The normalized spacial score (nSPS) is 11.0. The summed E-state index contributed by atoms with van der Waals surface area (Å²) in [5.41, 5.74) is -0.116. The summed E-state index contributed by atoms with van der Waals surface area (Å²) in [4.78, 5) is 28.4. The minimum absolute atomic E-state index is 0.0687. The van der Waals surface area contributed by atoms with Crippen LogP contribution in [0.5, 0.6) is 0 Å². The zero-order valence-electron chi connectivity index (χ0n) is 14.8. The van der Waals surface area contributed by atoms with Gasteiger partial charge in [-0.1, -0.05) is 12.1 Å². The van der Waals surface area contributed by atoms with Crippen molar-refractivity contribution in [3.63, 3.8) is 0 Å². The molecule has 1 aromatic carbocycles. The Bertz CT molecular complexity index is 640. The third kappa shape index (κ3) is 5.55. The molecule has 6 nitrogen and oxygen atoms in total. The van der Waals surface area contributed by atoms with E-state index in [9.17, 15) is 9.59 Å². The molecular formula is C17H24N4O2S. The molecule has 1 N–H and O–H groups in total. The van der Waals surface area contributed by atoms with Crippen LogP contribution in [0.25, 0.3) is 0 Å². The maximum absolute atomic E-state index is 12.2. The molecule has 0 aliphatic rings. The number of amides is 2. The van der Waals surface area contributed by atoms with Crippen LogP contribution in [0.15, 0.2) is 29.2 Å². The summed E-state index contributed by atoms with van der Waals surface area (Å²) in [5.74, 6) is -0.393. The molecule has 130 valence electrons. The van der Waals surface area contributed by atoms with Crippen molar-refractivity contribution in [1.82, 2.24) is 9.80 Å². The summed E-state index contributed by atoms with van der Waals surface area (Å²) in [6.45, 7) is 3.52. The second kappa shape index (κ2) is 8.71. The first-order chi connectivity index (χ1) is 11.2. The van der Waals surface area contributed by atoms with Crippen molar-refractivity contribution in [2.45, 2.75) is 24.3 Å². The van der Waals surface area contributed by atoms with Crippen LogP contribution in [0, 0.1) is 11.3 Å². The smallest absolute Gasteiger partial charge is 0.238 e. The van der Waals surface area contributed by atoms with E-state index in [1.807, 2.05) is 30.5 Å². The molecule has 0 heterocycles. The highest BCUT2D eigenvalue weighted by Gasteiger charge is 2.27. The predicted octanol–water partition coefficient (Wildman–Crippen LogP) is 2.04. The zero-order chi connectivity index (χ0) is 18.3. The quantitative estimate of drug-likeness (QED) is 0.763. The number of carbonyl (C=O) groups is 2. The minimum Gasteiger partial charge on any atom is -0.326 e. The number of nitriles is 1. The number of carbonyl (C=O) groups excluding carboxylic acids is 2. The summed E-state index contributed by atoms with van der Waals surface area (Å²) in [7, 11) is 3.29. The van der Waals surface area contributed by atoms with Gasteiger partial charge in [0.1, 0.15) is 5.54 Å². The lowest BCUT2D eigenvalue weighted by molar-refractivity contribution is -0.134. The molecule has 1 rings (SSSR count). The van der Waals surface area contributed by atoms with Gasteiger partial charge in [0.2, 0.25) is 11.8 Å².